The maximum Gasteiger partial charge on any atom is 0.470 e. The van der Waals surface area contributed by atoms with Crippen molar-refractivity contribution < 1.29 is 115 Å². The maximum absolute atomic E-state index is 15.0. The minimum Gasteiger partial charge on any atom is -0.462 e. The lowest BCUT2D eigenvalue weighted by atomic mass is 9.95. The first-order valence-electron chi connectivity index (χ1n) is 47.0. The standard InChI is InChI=1S/C89H168N2O24P2/c1-8-14-20-26-32-36-42-48-54-60-72(108-78(97)62-56-50-44-38-34-28-22-16-10-3)66-76(95)90-82-86(112-80(99)64-70(93)58-52-46-40-30-24-18-12-5)84(101)75(111-89(82)115-116(7,102)103)69-107-88-83(87(85(74(68-92)110-88)114-117(104,105)106)113-81(100)65-71(94)59-53-47-41-31-25-19-13-6)91-77(96)67-73(61-55-49-43-37-33-27-21-15-9-2)109-79(98)63-57-51-45-39-35-29-23-17-11-4/h70-75,82-89,92-94,101H,8-69H2,1-7H3,(H,90,95)(H,91,96)(H,102,103)(H2,104,105,106)/t70-,71-,72-,73-,74?,75?,82?,83?,84-,85-,86-,87-,88-,89-/m1/s1. The summed E-state index contributed by atoms with van der Waals surface area (Å²) in [6, 6.07) is -3.66. The van der Waals surface area contributed by atoms with Crippen LogP contribution in [0.3, 0.4) is 0 Å². The lowest BCUT2D eigenvalue weighted by Crippen LogP contribution is -2.68. The van der Waals surface area contributed by atoms with Crippen LogP contribution in [0.15, 0.2) is 0 Å². The third-order valence-corrected chi connectivity index (χ3v) is 23.5. The fraction of sp³-hybridized carbons (Fsp3) is 0.933. The fourth-order valence-corrected chi connectivity index (χ4v) is 16.7. The summed E-state index contributed by atoms with van der Waals surface area (Å²) in [5.74, 6) is -4.79. The van der Waals surface area contributed by atoms with Crippen molar-refractivity contribution in [1.82, 2.24) is 10.6 Å². The Morgan fingerprint density at radius 2 is 0.667 bits per heavy atom. The van der Waals surface area contributed by atoms with Gasteiger partial charge in [-0.3, -0.25) is 42.4 Å². The molecule has 0 bridgehead atoms. The number of esters is 4. The molecule has 0 aliphatic carbocycles. The monoisotopic (exact) mass is 1710 g/mol. The molecule has 9 N–H and O–H groups in total. The van der Waals surface area contributed by atoms with E-state index in [1.54, 1.807) is 0 Å². The third-order valence-electron chi connectivity index (χ3n) is 22.4. The van der Waals surface area contributed by atoms with Crippen molar-refractivity contribution >= 4 is 51.1 Å². The Kier molecular flexibility index (Phi) is 65.8. The largest absolute Gasteiger partial charge is 0.470 e. The Hall–Kier alpha value is -3.20. The number of aliphatic hydroxyl groups is 4. The highest BCUT2D eigenvalue weighted by Crippen LogP contribution is 2.44. The molecule has 15 atom stereocenters. The van der Waals surface area contributed by atoms with E-state index >= 15 is 0 Å². The molecule has 0 aromatic heterocycles. The third kappa shape index (κ3) is 57.0. The molecular formula is C89H168N2O24P2. The quantitative estimate of drug-likeness (QED) is 0.0118. The Labute approximate surface area is 706 Å². The number of phosphoric acid groups is 1. The Bertz CT molecular complexity index is 2600. The maximum atomic E-state index is 15.0. The zero-order valence-electron chi connectivity index (χ0n) is 73.9. The zero-order chi connectivity index (χ0) is 86.2. The number of hydrogen-bond donors (Lipinski definition) is 9. The van der Waals surface area contributed by atoms with Gasteiger partial charge >= 0.3 is 39.3 Å². The van der Waals surface area contributed by atoms with Crippen LogP contribution in [0.5, 0.6) is 0 Å². The summed E-state index contributed by atoms with van der Waals surface area (Å²) in [5, 5.41) is 51.8. The average molecular weight is 1710 g/mol. The van der Waals surface area contributed by atoms with Crippen molar-refractivity contribution in [3.63, 3.8) is 0 Å². The summed E-state index contributed by atoms with van der Waals surface area (Å²) in [5.41, 5.74) is 0. The van der Waals surface area contributed by atoms with Gasteiger partial charge in [-0.1, -0.05) is 337 Å². The van der Waals surface area contributed by atoms with Crippen molar-refractivity contribution in [3.8, 4) is 0 Å². The molecule has 2 heterocycles. The van der Waals surface area contributed by atoms with Gasteiger partial charge in [-0.15, -0.1) is 0 Å². The molecule has 2 aliphatic heterocycles. The predicted molar refractivity (Wildman–Crippen MR) is 457 cm³/mol. The van der Waals surface area contributed by atoms with Gasteiger partial charge in [0.25, 0.3) is 0 Å². The van der Waals surface area contributed by atoms with E-state index in [9.17, 15) is 73.0 Å². The van der Waals surface area contributed by atoms with Crippen molar-refractivity contribution in [2.24, 2.45) is 0 Å². The molecule has 2 amide bonds. The first-order valence-corrected chi connectivity index (χ1v) is 50.5. The SMILES string of the molecule is CCCCCCCCCCCC(=O)O[C@H](CCCCCCCCCCC)CC(=O)NC1[C@@H](OP(C)(=O)O)OC(CO[C@@H]2OC(CO)[C@@H](OP(=O)(O)O)[C@H](OC(=O)C[C@H](O)CCCCCCCCC)C2NC(=O)C[C@@H](CCCCCCCCCCC)OC(=O)CCCCCCCCCCC)[C@@H](O)[C@@H]1OC(=O)C[C@H](O)CCCCCCCCC. The van der Waals surface area contributed by atoms with Crippen LogP contribution in [0.4, 0.5) is 0 Å². The smallest absolute Gasteiger partial charge is 0.462 e. The second-order valence-electron chi connectivity index (χ2n) is 33.7. The second-order valence-corrected chi connectivity index (χ2v) is 36.7. The lowest BCUT2D eigenvalue weighted by molar-refractivity contribution is -0.296. The molecule has 2 rings (SSSR count). The molecule has 2 saturated heterocycles. The first-order chi connectivity index (χ1) is 56.3. The first kappa shape index (κ1) is 110. The van der Waals surface area contributed by atoms with Gasteiger partial charge in [-0.2, -0.15) is 0 Å². The number of ether oxygens (including phenoxy) is 7. The Balaban J connectivity index is 2.81. The van der Waals surface area contributed by atoms with Gasteiger partial charge in [0, 0.05) is 19.5 Å². The number of amides is 2. The number of nitrogens with one attached hydrogen (secondary N) is 2. The van der Waals surface area contributed by atoms with E-state index in [-0.39, 0.29) is 32.1 Å². The van der Waals surface area contributed by atoms with Crippen molar-refractivity contribution in [2.45, 2.75) is 512 Å². The molecule has 5 unspecified atom stereocenters. The van der Waals surface area contributed by atoms with Gasteiger partial charge in [-0.05, 0) is 51.4 Å². The minimum atomic E-state index is -5.62. The van der Waals surface area contributed by atoms with E-state index < -0.39 is 176 Å². The molecule has 0 spiro atoms. The van der Waals surface area contributed by atoms with E-state index in [0.29, 0.717) is 44.9 Å². The van der Waals surface area contributed by atoms with Gasteiger partial charge in [0.05, 0.1) is 51.1 Å². The average Bonchev–Trinajstić information content (AvgIpc) is 0.780. The number of hydrogen-bond acceptors (Lipinski definition) is 21. The topological polar surface area (TPSA) is 385 Å². The lowest BCUT2D eigenvalue weighted by Gasteiger charge is -2.47. The van der Waals surface area contributed by atoms with Crippen LogP contribution in [0.2, 0.25) is 0 Å². The van der Waals surface area contributed by atoms with Crippen molar-refractivity contribution in [3.05, 3.63) is 0 Å². The van der Waals surface area contributed by atoms with Gasteiger partial charge in [0.15, 0.2) is 24.8 Å². The molecule has 2 aliphatic rings. The van der Waals surface area contributed by atoms with Crippen molar-refractivity contribution in [2.75, 3.05) is 19.9 Å². The van der Waals surface area contributed by atoms with E-state index in [0.717, 1.165) is 238 Å². The van der Waals surface area contributed by atoms with Crippen molar-refractivity contribution in [1.29, 1.82) is 0 Å². The summed E-state index contributed by atoms with van der Waals surface area (Å²) < 4.78 is 80.8. The summed E-state index contributed by atoms with van der Waals surface area (Å²) in [6.45, 7) is 11.8. The van der Waals surface area contributed by atoms with Gasteiger partial charge in [0.1, 0.15) is 48.7 Å². The van der Waals surface area contributed by atoms with Crippen LogP contribution in [0.25, 0.3) is 0 Å². The molecule has 117 heavy (non-hydrogen) atoms. The number of carbonyl (C=O) groups excluding carboxylic acids is 6. The molecular weight excluding hydrogens is 1540 g/mol. The van der Waals surface area contributed by atoms with Crippen LogP contribution in [0, 0.1) is 0 Å². The number of rotatable bonds is 78. The van der Waals surface area contributed by atoms with E-state index in [1.807, 2.05) is 0 Å². The molecule has 2 fully saturated rings. The minimum absolute atomic E-state index is 0.102. The number of aliphatic hydroxyl groups excluding tert-OH is 4. The summed E-state index contributed by atoms with van der Waals surface area (Å²) in [6.07, 6.45) is 28.5. The highest BCUT2D eigenvalue weighted by atomic mass is 31.2. The molecule has 28 heteroatoms. The second kappa shape index (κ2) is 70.1. The normalized spacial score (nSPS) is 21.2. The summed E-state index contributed by atoms with van der Waals surface area (Å²) in [4.78, 5) is 118. The fourth-order valence-electron chi connectivity index (χ4n) is 15.6. The summed E-state index contributed by atoms with van der Waals surface area (Å²) >= 11 is 0. The summed E-state index contributed by atoms with van der Waals surface area (Å²) in [7, 11) is -10.3. The Morgan fingerprint density at radius 1 is 0.368 bits per heavy atom. The predicted octanol–water partition coefficient (Wildman–Crippen LogP) is 19.0. The van der Waals surface area contributed by atoms with Crippen LogP contribution >= 0.6 is 15.4 Å². The molecule has 0 radical (unpaired) electrons. The van der Waals surface area contributed by atoms with Gasteiger partial charge in [-0.25, -0.2) is 4.57 Å². The van der Waals surface area contributed by atoms with Crippen LogP contribution < -0.4 is 10.6 Å². The number of phosphoric ester groups is 1. The van der Waals surface area contributed by atoms with Gasteiger partial charge in [0.2, 0.25) is 11.8 Å². The van der Waals surface area contributed by atoms with E-state index in [1.165, 1.54) is 51.4 Å². The van der Waals surface area contributed by atoms with Crippen LogP contribution in [-0.4, -0.2) is 176 Å². The highest BCUT2D eigenvalue weighted by molar-refractivity contribution is 7.51. The number of carbonyl (C=O) groups is 6. The zero-order valence-corrected chi connectivity index (χ0v) is 75.7. The molecule has 0 aromatic carbocycles. The van der Waals surface area contributed by atoms with Crippen LogP contribution in [-0.2, 0) is 80.1 Å². The van der Waals surface area contributed by atoms with Gasteiger partial charge < -0.3 is 78.9 Å². The number of unbranched alkanes of at least 4 members (excludes halogenated alkanes) is 44. The Morgan fingerprint density at radius 3 is 0.991 bits per heavy atom. The highest BCUT2D eigenvalue weighted by Gasteiger charge is 2.55. The molecule has 0 aromatic rings. The molecule has 688 valence electrons. The van der Waals surface area contributed by atoms with E-state index in [4.69, 9.17) is 42.2 Å². The van der Waals surface area contributed by atoms with Crippen LogP contribution in [0.1, 0.15) is 427 Å². The van der Waals surface area contributed by atoms with E-state index in [2.05, 4.69) is 52.2 Å². The molecule has 0 saturated carbocycles. The molecule has 26 nitrogen and oxygen atoms in total.